The van der Waals surface area contributed by atoms with Gasteiger partial charge in [0.2, 0.25) is 6.29 Å². The van der Waals surface area contributed by atoms with Crippen LogP contribution >= 0.6 is 0 Å². The number of esters is 1. The van der Waals surface area contributed by atoms with Gasteiger partial charge in [-0.2, -0.15) is 0 Å². The predicted molar refractivity (Wildman–Crippen MR) is 114 cm³/mol. The van der Waals surface area contributed by atoms with E-state index in [1.165, 1.54) is 24.8 Å². The smallest absolute Gasteiger partial charge is 0.338 e. The fraction of sp³-hybridized carbons (Fsp3) is 0.480. The highest BCUT2D eigenvalue weighted by atomic mass is 16.7. The summed E-state index contributed by atoms with van der Waals surface area (Å²) in [5, 5.41) is 0. The Morgan fingerprint density at radius 3 is 2.34 bits per heavy atom. The molecular weight excluding hydrogens is 364 g/mol. The van der Waals surface area contributed by atoms with Crippen LogP contribution in [0.25, 0.3) is 0 Å². The van der Waals surface area contributed by atoms with Gasteiger partial charge in [0.25, 0.3) is 0 Å². The highest BCUT2D eigenvalue weighted by Crippen LogP contribution is 2.25. The maximum absolute atomic E-state index is 12.3. The zero-order valence-corrected chi connectivity index (χ0v) is 17.5. The van der Waals surface area contributed by atoms with Gasteiger partial charge in [-0.05, 0) is 55.0 Å². The highest BCUT2D eigenvalue weighted by molar-refractivity contribution is 5.89. The largest absolute Gasteiger partial charge is 0.461 e. The molecule has 0 N–H and O–H groups in total. The minimum Gasteiger partial charge on any atom is -0.461 e. The second kappa shape index (κ2) is 11.0. The molecule has 2 atom stereocenters. The Morgan fingerprint density at radius 2 is 1.69 bits per heavy atom. The molecule has 1 aliphatic rings. The quantitative estimate of drug-likeness (QED) is 0.379. The van der Waals surface area contributed by atoms with Gasteiger partial charge in [-0.15, -0.1) is 0 Å². The molecule has 4 nitrogen and oxygen atoms in total. The van der Waals surface area contributed by atoms with Crippen molar-refractivity contribution >= 4 is 5.97 Å². The van der Waals surface area contributed by atoms with E-state index in [4.69, 9.17) is 14.2 Å². The van der Waals surface area contributed by atoms with Gasteiger partial charge in [0.05, 0.1) is 11.7 Å². The van der Waals surface area contributed by atoms with E-state index in [1.807, 2.05) is 30.3 Å². The molecule has 1 fully saturated rings. The molecule has 0 saturated heterocycles. The second-order valence-corrected chi connectivity index (χ2v) is 7.79. The number of hydrogen-bond donors (Lipinski definition) is 0. The van der Waals surface area contributed by atoms with Gasteiger partial charge in [-0.25, -0.2) is 4.79 Å². The lowest BCUT2D eigenvalue weighted by atomic mass is 9.98. The molecule has 2 unspecified atom stereocenters. The van der Waals surface area contributed by atoms with Crippen molar-refractivity contribution in [3.8, 4) is 5.75 Å². The number of hydrogen-bond acceptors (Lipinski definition) is 4. The van der Waals surface area contributed by atoms with Gasteiger partial charge >= 0.3 is 5.97 Å². The lowest BCUT2D eigenvalue weighted by molar-refractivity contribution is -0.149. The third-order valence-electron chi connectivity index (χ3n) is 5.59. The first-order chi connectivity index (χ1) is 14.2. The molecule has 0 aromatic heterocycles. The third-order valence-corrected chi connectivity index (χ3v) is 5.59. The minimum atomic E-state index is -0.611. The first-order valence-corrected chi connectivity index (χ1v) is 10.8. The topological polar surface area (TPSA) is 44.8 Å². The molecule has 3 rings (SSSR count). The Hall–Kier alpha value is -2.33. The molecule has 2 aromatic carbocycles. The maximum atomic E-state index is 12.3. The third kappa shape index (κ3) is 6.60. The van der Waals surface area contributed by atoms with Crippen LogP contribution < -0.4 is 4.74 Å². The van der Waals surface area contributed by atoms with Crippen molar-refractivity contribution in [1.82, 2.24) is 0 Å². The Balaban J connectivity index is 1.62. The van der Waals surface area contributed by atoms with Gasteiger partial charge in [-0.1, -0.05) is 63.4 Å². The van der Waals surface area contributed by atoms with Crippen molar-refractivity contribution in [3.63, 3.8) is 0 Å². The molecular formula is C25H32O4. The van der Waals surface area contributed by atoms with E-state index in [0.29, 0.717) is 11.5 Å². The van der Waals surface area contributed by atoms with Gasteiger partial charge < -0.3 is 14.2 Å². The Bertz CT molecular complexity index is 735. The summed E-state index contributed by atoms with van der Waals surface area (Å²) >= 11 is 0. The van der Waals surface area contributed by atoms with Gasteiger partial charge in [0.15, 0.2) is 6.61 Å². The zero-order chi connectivity index (χ0) is 20.5. The van der Waals surface area contributed by atoms with Crippen LogP contribution in [-0.4, -0.2) is 25.0 Å². The summed E-state index contributed by atoms with van der Waals surface area (Å²) in [6, 6.07) is 17.1. The molecule has 4 heteroatoms. The van der Waals surface area contributed by atoms with Gasteiger partial charge in [0, 0.05) is 0 Å². The van der Waals surface area contributed by atoms with E-state index < -0.39 is 6.29 Å². The van der Waals surface area contributed by atoms with Crippen LogP contribution in [0.5, 0.6) is 5.75 Å². The van der Waals surface area contributed by atoms with Crippen molar-refractivity contribution < 1.29 is 19.0 Å². The van der Waals surface area contributed by atoms with Gasteiger partial charge in [0.1, 0.15) is 5.75 Å². The van der Waals surface area contributed by atoms with Crippen LogP contribution in [0.1, 0.15) is 74.2 Å². The number of benzene rings is 2. The van der Waals surface area contributed by atoms with E-state index in [2.05, 4.69) is 26.0 Å². The number of rotatable bonds is 9. The second-order valence-electron chi connectivity index (χ2n) is 7.79. The number of carbonyl (C=O) groups is 1. The van der Waals surface area contributed by atoms with E-state index in [1.54, 1.807) is 12.1 Å². The number of ether oxygens (including phenoxy) is 3. The molecule has 2 aromatic rings. The lowest BCUT2D eigenvalue weighted by Gasteiger charge is -2.27. The normalized spacial score (nSPS) is 16.8. The SMILES string of the molecule is CCC(C)c1ccc(OC(COC(=O)c2ccccc2)OC2CCCCC2)cc1. The molecule has 1 saturated carbocycles. The van der Waals surface area contributed by atoms with Crippen molar-refractivity contribution in [2.75, 3.05) is 6.61 Å². The maximum Gasteiger partial charge on any atom is 0.338 e. The molecule has 156 valence electrons. The molecule has 0 bridgehead atoms. The molecule has 0 amide bonds. The van der Waals surface area contributed by atoms with Crippen LogP contribution in [-0.2, 0) is 9.47 Å². The zero-order valence-electron chi connectivity index (χ0n) is 17.5. The lowest BCUT2D eigenvalue weighted by Crippen LogP contribution is -2.33. The molecule has 0 aliphatic heterocycles. The molecule has 0 heterocycles. The summed E-state index contributed by atoms with van der Waals surface area (Å²) in [6.07, 6.45) is 6.30. The molecule has 0 radical (unpaired) electrons. The predicted octanol–water partition coefficient (Wildman–Crippen LogP) is 6.11. The standard InChI is InChI=1S/C25H32O4/c1-3-19(2)20-14-16-23(17-15-20)29-24(28-22-12-8-5-9-13-22)18-27-25(26)21-10-6-4-7-11-21/h4,6-7,10-11,14-17,19,22,24H,3,5,8-9,12-13,18H2,1-2H3. The Labute approximate surface area is 174 Å². The van der Waals surface area contributed by atoms with Crippen LogP contribution in [0.3, 0.4) is 0 Å². The summed E-state index contributed by atoms with van der Waals surface area (Å²) in [5.74, 6) is 0.886. The average Bonchev–Trinajstić information content (AvgIpc) is 2.78. The summed E-state index contributed by atoms with van der Waals surface area (Å²) in [4.78, 5) is 12.3. The summed E-state index contributed by atoms with van der Waals surface area (Å²) in [5.41, 5.74) is 1.82. The first-order valence-electron chi connectivity index (χ1n) is 10.8. The summed E-state index contributed by atoms with van der Waals surface area (Å²) in [6.45, 7) is 4.47. The van der Waals surface area contributed by atoms with Crippen LogP contribution in [0.2, 0.25) is 0 Å². The van der Waals surface area contributed by atoms with Crippen LogP contribution in [0.15, 0.2) is 54.6 Å². The van der Waals surface area contributed by atoms with Crippen molar-refractivity contribution in [2.45, 2.75) is 70.7 Å². The molecule has 1 aliphatic carbocycles. The summed E-state index contributed by atoms with van der Waals surface area (Å²) < 4.78 is 17.7. The Morgan fingerprint density at radius 1 is 1.00 bits per heavy atom. The van der Waals surface area contributed by atoms with Gasteiger partial charge in [-0.3, -0.25) is 0 Å². The number of carbonyl (C=O) groups excluding carboxylic acids is 1. The van der Waals surface area contributed by atoms with E-state index in [0.717, 1.165) is 25.0 Å². The minimum absolute atomic E-state index is 0.0668. The summed E-state index contributed by atoms with van der Waals surface area (Å²) in [7, 11) is 0. The highest BCUT2D eigenvalue weighted by Gasteiger charge is 2.22. The van der Waals surface area contributed by atoms with Crippen molar-refractivity contribution in [2.24, 2.45) is 0 Å². The molecule has 0 spiro atoms. The molecule has 29 heavy (non-hydrogen) atoms. The van der Waals surface area contributed by atoms with Crippen LogP contribution in [0, 0.1) is 0 Å². The fourth-order valence-electron chi connectivity index (χ4n) is 3.58. The van der Waals surface area contributed by atoms with Crippen LogP contribution in [0.4, 0.5) is 0 Å². The van der Waals surface area contributed by atoms with E-state index in [-0.39, 0.29) is 18.7 Å². The fourth-order valence-corrected chi connectivity index (χ4v) is 3.58. The Kier molecular flexibility index (Phi) is 8.12. The van der Waals surface area contributed by atoms with E-state index in [9.17, 15) is 4.79 Å². The van der Waals surface area contributed by atoms with E-state index >= 15 is 0 Å². The monoisotopic (exact) mass is 396 g/mol. The van der Waals surface area contributed by atoms with Crippen molar-refractivity contribution in [1.29, 1.82) is 0 Å². The average molecular weight is 397 g/mol. The first kappa shape index (κ1) is 21.4. The van der Waals surface area contributed by atoms with Crippen molar-refractivity contribution in [3.05, 3.63) is 65.7 Å².